The molecule has 1 unspecified atom stereocenters. The van der Waals surface area contributed by atoms with Crippen LogP contribution in [0.3, 0.4) is 0 Å². The van der Waals surface area contributed by atoms with Gasteiger partial charge in [-0.2, -0.15) is 5.10 Å². The van der Waals surface area contributed by atoms with Crippen LogP contribution in [0.5, 0.6) is 0 Å². The van der Waals surface area contributed by atoms with Crippen molar-refractivity contribution >= 4 is 5.91 Å². The first kappa shape index (κ1) is 16.6. The zero-order valence-corrected chi connectivity index (χ0v) is 14.4. The zero-order valence-electron chi connectivity index (χ0n) is 14.4. The summed E-state index contributed by atoms with van der Waals surface area (Å²) in [7, 11) is 0. The van der Waals surface area contributed by atoms with Gasteiger partial charge in [0.25, 0.3) is 0 Å². The molecular weight excluding hydrogens is 302 g/mol. The van der Waals surface area contributed by atoms with Gasteiger partial charge >= 0.3 is 0 Å². The van der Waals surface area contributed by atoms with Crippen molar-refractivity contribution in [3.8, 4) is 0 Å². The van der Waals surface area contributed by atoms with Gasteiger partial charge in [0.2, 0.25) is 5.91 Å². The van der Waals surface area contributed by atoms with Crippen LogP contribution in [-0.2, 0) is 11.3 Å². The second-order valence-corrected chi connectivity index (χ2v) is 6.49. The molecule has 1 aliphatic heterocycles. The van der Waals surface area contributed by atoms with Crippen LogP contribution in [-0.4, -0.2) is 56.7 Å². The summed E-state index contributed by atoms with van der Waals surface area (Å²) in [6.45, 7) is 8.44. The Kier molecular flexibility index (Phi) is 5.25. The van der Waals surface area contributed by atoms with Gasteiger partial charge in [0.05, 0.1) is 0 Å². The molecular formula is C18H25N5O. The van der Waals surface area contributed by atoms with Crippen molar-refractivity contribution in [2.75, 3.05) is 26.2 Å². The lowest BCUT2D eigenvalue weighted by atomic mass is 10.1. The van der Waals surface area contributed by atoms with Crippen LogP contribution in [0.2, 0.25) is 0 Å². The lowest BCUT2D eigenvalue weighted by molar-refractivity contribution is -0.134. The Morgan fingerprint density at radius 1 is 1.17 bits per heavy atom. The quantitative estimate of drug-likeness (QED) is 0.860. The maximum Gasteiger partial charge on any atom is 0.247 e. The molecule has 1 aromatic heterocycles. The molecule has 0 radical (unpaired) electrons. The van der Waals surface area contributed by atoms with E-state index in [-0.39, 0.29) is 11.9 Å². The molecule has 128 valence electrons. The molecule has 0 N–H and O–H groups in total. The standard InChI is InChI=1S/C18H25N5O/c1-15-4-6-17(7-5-15)12-21-8-3-9-22(11-10-21)18(24)16(2)23-14-19-13-20-23/h4-7,13-14,16H,3,8-12H2,1-2H3. The number of rotatable bonds is 4. The van der Waals surface area contributed by atoms with Crippen molar-refractivity contribution in [2.45, 2.75) is 32.9 Å². The number of aromatic nitrogens is 3. The third kappa shape index (κ3) is 4.00. The largest absolute Gasteiger partial charge is 0.340 e. The van der Waals surface area contributed by atoms with Gasteiger partial charge in [0, 0.05) is 32.7 Å². The molecule has 1 amide bonds. The second-order valence-electron chi connectivity index (χ2n) is 6.49. The van der Waals surface area contributed by atoms with Crippen LogP contribution in [0.4, 0.5) is 0 Å². The molecule has 1 saturated heterocycles. The highest BCUT2D eigenvalue weighted by molar-refractivity contribution is 5.80. The highest BCUT2D eigenvalue weighted by Gasteiger charge is 2.24. The summed E-state index contributed by atoms with van der Waals surface area (Å²) in [4.78, 5) is 21.0. The van der Waals surface area contributed by atoms with E-state index in [1.165, 1.54) is 17.5 Å². The summed E-state index contributed by atoms with van der Waals surface area (Å²) >= 11 is 0. The molecule has 0 aliphatic carbocycles. The number of aryl methyl sites for hydroxylation is 1. The number of nitrogens with zero attached hydrogens (tertiary/aromatic N) is 5. The number of carbonyl (C=O) groups excluding carboxylic acids is 1. The minimum atomic E-state index is -0.295. The molecule has 1 atom stereocenters. The normalized spacial score (nSPS) is 17.5. The lowest BCUT2D eigenvalue weighted by Crippen LogP contribution is -2.39. The van der Waals surface area contributed by atoms with Crippen molar-refractivity contribution in [3.63, 3.8) is 0 Å². The van der Waals surface area contributed by atoms with Crippen LogP contribution in [0, 0.1) is 6.92 Å². The monoisotopic (exact) mass is 327 g/mol. The van der Waals surface area contributed by atoms with E-state index in [9.17, 15) is 4.79 Å². The van der Waals surface area contributed by atoms with Gasteiger partial charge in [-0.05, 0) is 25.8 Å². The summed E-state index contributed by atoms with van der Waals surface area (Å²) in [5.74, 6) is 0.123. The van der Waals surface area contributed by atoms with Crippen molar-refractivity contribution in [3.05, 3.63) is 48.0 Å². The molecule has 1 aromatic carbocycles. The number of carbonyl (C=O) groups is 1. The Bertz CT molecular complexity index is 653. The van der Waals surface area contributed by atoms with Crippen LogP contribution in [0.1, 0.15) is 30.5 Å². The fourth-order valence-electron chi connectivity index (χ4n) is 3.10. The molecule has 6 heteroatoms. The average Bonchev–Trinajstić information content (AvgIpc) is 3.03. The predicted molar refractivity (Wildman–Crippen MR) is 92.4 cm³/mol. The van der Waals surface area contributed by atoms with Gasteiger partial charge < -0.3 is 4.90 Å². The average molecular weight is 327 g/mol. The first-order chi connectivity index (χ1) is 11.6. The van der Waals surface area contributed by atoms with E-state index < -0.39 is 0 Å². The first-order valence-corrected chi connectivity index (χ1v) is 8.54. The van der Waals surface area contributed by atoms with Crippen LogP contribution in [0.15, 0.2) is 36.9 Å². The minimum Gasteiger partial charge on any atom is -0.340 e. The maximum absolute atomic E-state index is 12.7. The van der Waals surface area contributed by atoms with Gasteiger partial charge in [-0.25, -0.2) is 9.67 Å². The lowest BCUT2D eigenvalue weighted by Gasteiger charge is -2.24. The smallest absolute Gasteiger partial charge is 0.247 e. The van der Waals surface area contributed by atoms with E-state index >= 15 is 0 Å². The Hall–Kier alpha value is -2.21. The molecule has 24 heavy (non-hydrogen) atoms. The van der Waals surface area contributed by atoms with Gasteiger partial charge in [-0.15, -0.1) is 0 Å². The fraction of sp³-hybridized carbons (Fsp3) is 0.500. The van der Waals surface area contributed by atoms with E-state index in [4.69, 9.17) is 0 Å². The molecule has 6 nitrogen and oxygen atoms in total. The van der Waals surface area contributed by atoms with Gasteiger partial charge in [0.15, 0.2) is 0 Å². The Morgan fingerprint density at radius 2 is 1.96 bits per heavy atom. The van der Waals surface area contributed by atoms with Crippen LogP contribution < -0.4 is 0 Å². The van der Waals surface area contributed by atoms with Crippen molar-refractivity contribution < 1.29 is 4.79 Å². The van der Waals surface area contributed by atoms with Crippen LogP contribution in [0.25, 0.3) is 0 Å². The van der Waals surface area contributed by atoms with Crippen LogP contribution >= 0.6 is 0 Å². The Morgan fingerprint density at radius 3 is 2.67 bits per heavy atom. The summed E-state index contributed by atoms with van der Waals surface area (Å²) in [6, 6.07) is 8.40. The summed E-state index contributed by atoms with van der Waals surface area (Å²) in [6.07, 6.45) is 4.07. The molecule has 3 rings (SSSR count). The predicted octanol–water partition coefficient (Wildman–Crippen LogP) is 1.88. The number of hydrogen-bond acceptors (Lipinski definition) is 4. The van der Waals surface area contributed by atoms with E-state index in [0.717, 1.165) is 39.1 Å². The Balaban J connectivity index is 1.56. The highest BCUT2D eigenvalue weighted by Crippen LogP contribution is 2.13. The van der Waals surface area contributed by atoms with E-state index in [1.54, 1.807) is 11.0 Å². The summed E-state index contributed by atoms with van der Waals surface area (Å²) in [5.41, 5.74) is 2.62. The molecule has 0 bridgehead atoms. The minimum absolute atomic E-state index is 0.123. The second kappa shape index (κ2) is 7.57. The molecule has 0 saturated carbocycles. The fourth-order valence-corrected chi connectivity index (χ4v) is 3.10. The van der Waals surface area contributed by atoms with Crippen molar-refractivity contribution in [2.24, 2.45) is 0 Å². The Labute approximate surface area is 143 Å². The molecule has 2 heterocycles. The van der Waals surface area contributed by atoms with E-state index in [1.807, 2.05) is 11.8 Å². The van der Waals surface area contributed by atoms with Gasteiger partial charge in [-0.3, -0.25) is 9.69 Å². The van der Waals surface area contributed by atoms with E-state index in [2.05, 4.69) is 46.2 Å². The molecule has 1 aliphatic rings. The summed E-state index contributed by atoms with van der Waals surface area (Å²) < 4.78 is 1.62. The number of benzene rings is 1. The zero-order chi connectivity index (χ0) is 16.9. The third-order valence-electron chi connectivity index (χ3n) is 4.62. The topological polar surface area (TPSA) is 54.3 Å². The first-order valence-electron chi connectivity index (χ1n) is 8.54. The highest BCUT2D eigenvalue weighted by atomic mass is 16.2. The SMILES string of the molecule is Cc1ccc(CN2CCCN(C(=O)C(C)n3cncn3)CC2)cc1. The van der Waals surface area contributed by atoms with Gasteiger partial charge in [-0.1, -0.05) is 29.8 Å². The summed E-state index contributed by atoms with van der Waals surface area (Å²) in [5, 5.41) is 4.08. The number of amides is 1. The van der Waals surface area contributed by atoms with E-state index in [0.29, 0.717) is 0 Å². The maximum atomic E-state index is 12.7. The van der Waals surface area contributed by atoms with Crippen molar-refractivity contribution in [1.29, 1.82) is 0 Å². The number of hydrogen-bond donors (Lipinski definition) is 0. The molecule has 1 fully saturated rings. The molecule has 0 spiro atoms. The van der Waals surface area contributed by atoms with Crippen molar-refractivity contribution in [1.82, 2.24) is 24.6 Å². The van der Waals surface area contributed by atoms with Gasteiger partial charge in [0.1, 0.15) is 18.7 Å². The molecule has 2 aromatic rings. The third-order valence-corrected chi connectivity index (χ3v) is 4.62.